The smallest absolute Gasteiger partial charge is 0.0541 e. The van der Waals surface area contributed by atoms with Crippen molar-refractivity contribution < 1.29 is 0 Å². The molecule has 3 aliphatic carbocycles. The highest BCUT2D eigenvalue weighted by Crippen LogP contribution is 2.44. The highest BCUT2D eigenvalue weighted by Gasteiger charge is 2.23. The third-order valence-electron chi connectivity index (χ3n) is 15.9. The molecule has 0 N–H and O–H groups in total. The summed E-state index contributed by atoms with van der Waals surface area (Å²) in [6.45, 7) is 0. The molecule has 0 fully saturated rings. The summed E-state index contributed by atoms with van der Waals surface area (Å²) >= 11 is 3.58. The molecule has 0 spiro atoms. The predicted molar refractivity (Wildman–Crippen MR) is 328 cm³/mol. The fraction of sp³-hybridized carbons (Fsp3) is 0.0400. The normalized spacial score (nSPS) is 12.1. The zero-order valence-corrected chi connectivity index (χ0v) is 44.1. The first-order chi connectivity index (χ1) is 38.1. The molecule has 1 aromatic heterocycles. The molecule has 0 radical (unpaired) electrons. The lowest BCUT2D eigenvalue weighted by Crippen LogP contribution is -1.95. The number of halogens is 1. The number of para-hydroxylation sites is 1. The Labute approximate surface area is 459 Å². The minimum atomic E-state index is 0.994. The van der Waals surface area contributed by atoms with Crippen LogP contribution in [0.4, 0.5) is 0 Å². The number of nitrogens with zero attached hydrogens (tertiary/aromatic N) is 1. The van der Waals surface area contributed by atoms with Gasteiger partial charge in [0.2, 0.25) is 0 Å². The number of benzene rings is 12. The van der Waals surface area contributed by atoms with Crippen molar-refractivity contribution in [2.45, 2.75) is 19.3 Å². The van der Waals surface area contributed by atoms with E-state index in [0.717, 1.165) is 23.7 Å². The Hall–Kier alpha value is -9.08. The molecule has 0 atom stereocenters. The van der Waals surface area contributed by atoms with Gasteiger partial charge in [-0.25, -0.2) is 0 Å². The number of hydrogen-bond acceptors (Lipinski definition) is 0. The Morgan fingerprint density at radius 1 is 0.234 bits per heavy atom. The van der Waals surface area contributed by atoms with Gasteiger partial charge in [-0.05, 0) is 191 Å². The third-order valence-corrected chi connectivity index (χ3v) is 16.4. The zero-order chi connectivity index (χ0) is 51.2. The molecule has 0 saturated heterocycles. The van der Waals surface area contributed by atoms with Crippen LogP contribution in [0.1, 0.15) is 33.4 Å². The summed E-state index contributed by atoms with van der Waals surface area (Å²) in [5, 5.41) is 2.57. The lowest BCUT2D eigenvalue weighted by molar-refractivity contribution is 1.17. The predicted octanol–water partition coefficient (Wildman–Crippen LogP) is 20.3. The van der Waals surface area contributed by atoms with Gasteiger partial charge in [-0.1, -0.05) is 234 Å². The molecule has 77 heavy (non-hydrogen) atoms. The second-order valence-electron chi connectivity index (χ2n) is 20.5. The first-order valence-corrected chi connectivity index (χ1v) is 27.5. The SMILES string of the molecule is Brc1ccc2c(c1)-c1cc(-c3ccccc3)ccc1C2.c1ccc(-c2ccc3c(c2)-c2cc(-n4c5ccccc5c5cc(-c6ccccc6)ccc54)ccc2C3)cc1.c1ccc(-c2ccc3c(c2)-c2ccccc2C3)cc1. The van der Waals surface area contributed by atoms with Crippen molar-refractivity contribution in [3.63, 3.8) is 0 Å². The van der Waals surface area contributed by atoms with Crippen LogP contribution in [0, 0.1) is 0 Å². The van der Waals surface area contributed by atoms with E-state index in [1.165, 1.54) is 139 Å². The maximum Gasteiger partial charge on any atom is 0.0541 e. The highest BCUT2D eigenvalue weighted by molar-refractivity contribution is 9.10. The minimum absolute atomic E-state index is 0.994. The Kier molecular flexibility index (Phi) is 12.0. The fourth-order valence-electron chi connectivity index (χ4n) is 12.1. The summed E-state index contributed by atoms with van der Waals surface area (Å²) < 4.78 is 3.58. The van der Waals surface area contributed by atoms with E-state index in [-0.39, 0.29) is 0 Å². The van der Waals surface area contributed by atoms with Gasteiger partial charge < -0.3 is 4.57 Å². The molecular formula is C75H52BrN. The van der Waals surface area contributed by atoms with E-state index < -0.39 is 0 Å². The van der Waals surface area contributed by atoms with Crippen molar-refractivity contribution in [2.75, 3.05) is 0 Å². The maximum absolute atomic E-state index is 3.58. The highest BCUT2D eigenvalue weighted by atomic mass is 79.9. The Morgan fingerprint density at radius 2 is 0.597 bits per heavy atom. The molecule has 0 bridgehead atoms. The van der Waals surface area contributed by atoms with E-state index in [1.807, 2.05) is 0 Å². The molecule has 0 unspecified atom stereocenters. The topological polar surface area (TPSA) is 4.93 Å². The van der Waals surface area contributed by atoms with Crippen LogP contribution in [-0.4, -0.2) is 4.57 Å². The summed E-state index contributed by atoms with van der Waals surface area (Å²) in [6.07, 6.45) is 3.11. The van der Waals surface area contributed by atoms with Gasteiger partial charge in [-0.3, -0.25) is 0 Å². The Morgan fingerprint density at radius 3 is 1.13 bits per heavy atom. The monoisotopic (exact) mass is 1050 g/mol. The molecule has 3 aliphatic rings. The van der Waals surface area contributed by atoms with Gasteiger partial charge in [-0.15, -0.1) is 0 Å². The lowest BCUT2D eigenvalue weighted by atomic mass is 9.98. The number of hydrogen-bond donors (Lipinski definition) is 0. The van der Waals surface area contributed by atoms with Crippen LogP contribution >= 0.6 is 15.9 Å². The van der Waals surface area contributed by atoms with Gasteiger partial charge in [0.15, 0.2) is 0 Å². The second kappa shape index (κ2) is 19.9. The van der Waals surface area contributed by atoms with Gasteiger partial charge in [0.05, 0.1) is 11.0 Å². The number of aromatic nitrogens is 1. The average molecular weight is 1050 g/mol. The minimum Gasteiger partial charge on any atom is -0.309 e. The maximum atomic E-state index is 3.58. The summed E-state index contributed by atoms with van der Waals surface area (Å²) in [7, 11) is 0. The van der Waals surface area contributed by atoms with E-state index in [0.29, 0.717) is 0 Å². The average Bonchev–Trinajstić information content (AvgIpc) is 4.33. The summed E-state index contributed by atoms with van der Waals surface area (Å²) in [5.74, 6) is 0. The molecule has 2 heteroatoms. The Bertz CT molecular complexity index is 4340. The fourth-order valence-corrected chi connectivity index (χ4v) is 12.4. The van der Waals surface area contributed by atoms with E-state index in [1.54, 1.807) is 0 Å². The first-order valence-electron chi connectivity index (χ1n) is 26.7. The molecule has 16 rings (SSSR count). The molecule has 0 saturated carbocycles. The Balaban J connectivity index is 0.000000116. The van der Waals surface area contributed by atoms with E-state index >= 15 is 0 Å². The van der Waals surface area contributed by atoms with Crippen molar-refractivity contribution in [1.82, 2.24) is 4.57 Å². The molecule has 364 valence electrons. The molecule has 0 amide bonds. The molecular weight excluding hydrogens is 995 g/mol. The number of fused-ring (bicyclic) bond motifs is 12. The van der Waals surface area contributed by atoms with E-state index in [4.69, 9.17) is 0 Å². The molecule has 1 heterocycles. The van der Waals surface area contributed by atoms with Crippen LogP contribution in [0.3, 0.4) is 0 Å². The third kappa shape index (κ3) is 8.81. The van der Waals surface area contributed by atoms with E-state index in [9.17, 15) is 0 Å². The number of rotatable bonds is 5. The van der Waals surface area contributed by atoms with Gasteiger partial charge in [0.1, 0.15) is 0 Å². The lowest BCUT2D eigenvalue weighted by Gasteiger charge is -2.11. The molecule has 13 aromatic rings. The molecule has 0 aliphatic heterocycles. The van der Waals surface area contributed by atoms with Crippen LogP contribution in [0.5, 0.6) is 0 Å². The summed E-state index contributed by atoms with van der Waals surface area (Å²) in [6, 6.07) is 101. The van der Waals surface area contributed by atoms with Gasteiger partial charge in [-0.2, -0.15) is 0 Å². The van der Waals surface area contributed by atoms with Crippen molar-refractivity contribution in [3.8, 4) is 83.6 Å². The van der Waals surface area contributed by atoms with Crippen LogP contribution in [0.15, 0.2) is 284 Å². The van der Waals surface area contributed by atoms with Crippen molar-refractivity contribution >= 4 is 37.7 Å². The largest absolute Gasteiger partial charge is 0.309 e. The zero-order valence-electron chi connectivity index (χ0n) is 42.5. The summed E-state index contributed by atoms with van der Waals surface area (Å²) in [5.41, 5.74) is 30.7. The van der Waals surface area contributed by atoms with Gasteiger partial charge in [0.25, 0.3) is 0 Å². The van der Waals surface area contributed by atoms with Gasteiger partial charge in [0, 0.05) is 20.9 Å². The van der Waals surface area contributed by atoms with Crippen molar-refractivity contribution in [3.05, 3.63) is 317 Å². The van der Waals surface area contributed by atoms with Gasteiger partial charge >= 0.3 is 0 Å². The quantitative estimate of drug-likeness (QED) is 0.162. The standard InChI is InChI=1S/C37H25N.C19H13Br.C19H14/c1-3-9-25(10-4-1)27-15-16-29-21-30-17-19-31(24-34(30)33(29)22-27)38-36-14-8-7-13-32(36)35-23-28(18-20-37(35)38)26-11-5-2-6-12-26;20-17-9-8-16-10-15-7-6-14(11-18(15)19(16)12-17)13-4-2-1-3-5-13;1-2-6-14(7-3-1)15-10-11-17-12-16-8-4-5-9-18(16)19(17)13-15/h1-20,22-24H,21H2;1-9,11-12H,10H2;1-11,13H,12H2. The van der Waals surface area contributed by atoms with Crippen LogP contribution < -0.4 is 0 Å². The first kappa shape index (κ1) is 46.5. The molecule has 1 nitrogen and oxygen atoms in total. The molecule has 12 aromatic carbocycles. The van der Waals surface area contributed by atoms with Crippen molar-refractivity contribution in [1.29, 1.82) is 0 Å². The summed E-state index contributed by atoms with van der Waals surface area (Å²) in [4.78, 5) is 0. The van der Waals surface area contributed by atoms with Crippen LogP contribution in [-0.2, 0) is 19.3 Å². The van der Waals surface area contributed by atoms with Crippen LogP contribution in [0.2, 0.25) is 0 Å². The second-order valence-corrected chi connectivity index (χ2v) is 21.4. The van der Waals surface area contributed by atoms with Crippen LogP contribution in [0.25, 0.3) is 105 Å². The van der Waals surface area contributed by atoms with Crippen molar-refractivity contribution in [2.24, 2.45) is 0 Å². The van der Waals surface area contributed by atoms with E-state index in [2.05, 4.69) is 300 Å².